The van der Waals surface area contributed by atoms with Gasteiger partial charge in [0.25, 0.3) is 5.69 Å². The lowest BCUT2D eigenvalue weighted by molar-refractivity contribution is -0.384. The number of hydrogen-bond donors (Lipinski definition) is 2. The molecular formula is C11H15N3O3. The molecule has 0 aliphatic heterocycles. The van der Waals surface area contributed by atoms with Gasteiger partial charge in [-0.25, -0.2) is 0 Å². The number of carbonyl (C=O) groups is 1. The van der Waals surface area contributed by atoms with Gasteiger partial charge in [0.15, 0.2) is 0 Å². The van der Waals surface area contributed by atoms with Crippen LogP contribution in [0.4, 0.5) is 11.4 Å². The lowest BCUT2D eigenvalue weighted by Crippen LogP contribution is -2.13. The van der Waals surface area contributed by atoms with Crippen molar-refractivity contribution < 1.29 is 9.72 Å². The van der Waals surface area contributed by atoms with Crippen molar-refractivity contribution in [2.24, 2.45) is 5.73 Å². The van der Waals surface area contributed by atoms with Crippen molar-refractivity contribution in [1.82, 2.24) is 0 Å². The molecule has 0 aromatic heterocycles. The van der Waals surface area contributed by atoms with Gasteiger partial charge in [0.05, 0.1) is 4.92 Å². The van der Waals surface area contributed by atoms with Crippen LogP contribution in [-0.2, 0) is 0 Å². The third kappa shape index (κ3) is 2.93. The Morgan fingerprint density at radius 1 is 1.53 bits per heavy atom. The van der Waals surface area contributed by atoms with Crippen LogP contribution in [0.5, 0.6) is 0 Å². The average molecular weight is 237 g/mol. The van der Waals surface area contributed by atoms with Crippen LogP contribution in [0.15, 0.2) is 12.1 Å². The molecule has 0 saturated heterocycles. The van der Waals surface area contributed by atoms with Crippen LogP contribution in [0.3, 0.4) is 0 Å². The average Bonchev–Trinajstić information content (AvgIpc) is 2.26. The zero-order valence-electron chi connectivity index (χ0n) is 9.82. The van der Waals surface area contributed by atoms with Crippen LogP contribution in [0.1, 0.15) is 29.3 Å². The molecular weight excluding hydrogens is 222 g/mol. The molecule has 1 rings (SSSR count). The molecule has 0 spiro atoms. The van der Waals surface area contributed by atoms with Crippen LogP contribution in [0, 0.1) is 17.0 Å². The maximum Gasteiger partial charge on any atom is 0.293 e. The highest BCUT2D eigenvalue weighted by atomic mass is 16.6. The first-order valence-electron chi connectivity index (χ1n) is 5.30. The van der Waals surface area contributed by atoms with Gasteiger partial charge in [0.2, 0.25) is 5.91 Å². The third-order valence-electron chi connectivity index (χ3n) is 2.35. The molecule has 0 atom stereocenters. The number of rotatable bonds is 5. The van der Waals surface area contributed by atoms with Gasteiger partial charge >= 0.3 is 0 Å². The fraction of sp³-hybridized carbons (Fsp3) is 0.364. The highest BCUT2D eigenvalue weighted by molar-refractivity contribution is 5.95. The summed E-state index contributed by atoms with van der Waals surface area (Å²) in [4.78, 5) is 21.4. The van der Waals surface area contributed by atoms with E-state index in [9.17, 15) is 14.9 Å². The monoisotopic (exact) mass is 237 g/mol. The quantitative estimate of drug-likeness (QED) is 0.602. The molecule has 92 valence electrons. The second kappa shape index (κ2) is 5.29. The van der Waals surface area contributed by atoms with E-state index in [1.165, 1.54) is 6.07 Å². The summed E-state index contributed by atoms with van der Waals surface area (Å²) in [5.41, 5.74) is 6.24. The first-order valence-corrected chi connectivity index (χ1v) is 5.30. The molecule has 0 bridgehead atoms. The van der Waals surface area contributed by atoms with Gasteiger partial charge < -0.3 is 11.1 Å². The van der Waals surface area contributed by atoms with Gasteiger partial charge in [-0.15, -0.1) is 0 Å². The molecule has 1 amide bonds. The Balaban J connectivity index is 3.28. The summed E-state index contributed by atoms with van der Waals surface area (Å²) in [7, 11) is 0. The summed E-state index contributed by atoms with van der Waals surface area (Å²) in [6, 6.07) is 2.75. The molecule has 17 heavy (non-hydrogen) atoms. The SMILES string of the molecule is CCCNc1c(C)cc(C(N)=O)cc1[N+](=O)[O-]. The van der Waals surface area contributed by atoms with E-state index in [1.54, 1.807) is 13.0 Å². The van der Waals surface area contributed by atoms with Crippen molar-refractivity contribution >= 4 is 17.3 Å². The second-order valence-electron chi connectivity index (χ2n) is 3.74. The van der Waals surface area contributed by atoms with E-state index in [-0.39, 0.29) is 11.3 Å². The van der Waals surface area contributed by atoms with Crippen LogP contribution in [0.2, 0.25) is 0 Å². The van der Waals surface area contributed by atoms with Crippen molar-refractivity contribution in [2.45, 2.75) is 20.3 Å². The van der Waals surface area contributed by atoms with E-state index in [4.69, 9.17) is 5.73 Å². The largest absolute Gasteiger partial charge is 0.379 e. The molecule has 0 saturated carbocycles. The predicted octanol–water partition coefficient (Wildman–Crippen LogP) is 1.82. The van der Waals surface area contributed by atoms with Crippen molar-refractivity contribution in [3.05, 3.63) is 33.4 Å². The third-order valence-corrected chi connectivity index (χ3v) is 2.35. The Bertz CT molecular complexity index is 458. The first-order chi connectivity index (χ1) is 7.97. The molecule has 0 aliphatic rings. The summed E-state index contributed by atoms with van der Waals surface area (Å²) in [5.74, 6) is -0.668. The predicted molar refractivity (Wildman–Crippen MR) is 65.1 cm³/mol. The Kier molecular flexibility index (Phi) is 4.03. The van der Waals surface area contributed by atoms with E-state index in [0.717, 1.165) is 6.42 Å². The molecule has 6 nitrogen and oxygen atoms in total. The minimum Gasteiger partial charge on any atom is -0.379 e. The molecule has 1 aromatic rings. The van der Waals surface area contributed by atoms with Crippen molar-refractivity contribution in [1.29, 1.82) is 0 Å². The fourth-order valence-electron chi connectivity index (χ4n) is 1.53. The van der Waals surface area contributed by atoms with E-state index < -0.39 is 10.8 Å². The van der Waals surface area contributed by atoms with Crippen LogP contribution in [-0.4, -0.2) is 17.4 Å². The lowest BCUT2D eigenvalue weighted by atomic mass is 10.1. The molecule has 0 fully saturated rings. The number of nitrogens with two attached hydrogens (primary N) is 1. The number of nitro benzene ring substituents is 1. The summed E-state index contributed by atoms with van der Waals surface area (Å²) in [5, 5.41) is 13.9. The van der Waals surface area contributed by atoms with Crippen LogP contribution < -0.4 is 11.1 Å². The van der Waals surface area contributed by atoms with Gasteiger partial charge in [-0.1, -0.05) is 6.92 Å². The first kappa shape index (κ1) is 13.0. The number of nitrogens with one attached hydrogen (secondary N) is 1. The highest BCUT2D eigenvalue weighted by Gasteiger charge is 2.18. The Hall–Kier alpha value is -2.11. The highest BCUT2D eigenvalue weighted by Crippen LogP contribution is 2.29. The summed E-state index contributed by atoms with van der Waals surface area (Å²) >= 11 is 0. The smallest absolute Gasteiger partial charge is 0.293 e. The number of anilines is 1. The number of benzene rings is 1. The van der Waals surface area contributed by atoms with Gasteiger partial charge in [0, 0.05) is 18.2 Å². The minimum absolute atomic E-state index is 0.118. The van der Waals surface area contributed by atoms with Crippen LogP contribution in [0.25, 0.3) is 0 Å². The zero-order chi connectivity index (χ0) is 13.0. The molecule has 0 radical (unpaired) electrons. The zero-order valence-corrected chi connectivity index (χ0v) is 9.82. The number of hydrogen-bond acceptors (Lipinski definition) is 4. The van der Waals surface area contributed by atoms with Crippen LogP contribution >= 0.6 is 0 Å². The molecule has 1 aromatic carbocycles. The normalized spacial score (nSPS) is 10.0. The summed E-state index contributed by atoms with van der Waals surface area (Å²) < 4.78 is 0. The minimum atomic E-state index is -0.668. The Morgan fingerprint density at radius 2 is 2.18 bits per heavy atom. The fourth-order valence-corrected chi connectivity index (χ4v) is 1.53. The second-order valence-corrected chi connectivity index (χ2v) is 3.74. The van der Waals surface area contributed by atoms with E-state index in [1.807, 2.05) is 6.92 Å². The number of nitrogens with zero attached hydrogens (tertiary/aromatic N) is 1. The van der Waals surface area contributed by atoms with E-state index in [0.29, 0.717) is 17.8 Å². The van der Waals surface area contributed by atoms with Gasteiger partial charge in [-0.3, -0.25) is 14.9 Å². The topological polar surface area (TPSA) is 98.3 Å². The molecule has 3 N–H and O–H groups in total. The molecule has 0 heterocycles. The van der Waals surface area contributed by atoms with Crippen molar-refractivity contribution in [3.8, 4) is 0 Å². The molecule has 0 aliphatic carbocycles. The maximum atomic E-state index is 11.0. The number of aryl methyl sites for hydroxylation is 1. The number of primary amides is 1. The number of carbonyl (C=O) groups excluding carboxylic acids is 1. The van der Waals surface area contributed by atoms with Gasteiger partial charge in [0.1, 0.15) is 5.69 Å². The summed E-state index contributed by atoms with van der Waals surface area (Å²) in [6.45, 7) is 4.31. The Labute approximate surface area is 99.0 Å². The van der Waals surface area contributed by atoms with Crippen molar-refractivity contribution in [2.75, 3.05) is 11.9 Å². The number of nitro groups is 1. The number of amides is 1. The lowest BCUT2D eigenvalue weighted by Gasteiger charge is -2.10. The standard InChI is InChI=1S/C11H15N3O3/c1-3-4-13-10-7(2)5-8(11(12)15)6-9(10)14(16)17/h5-6,13H,3-4H2,1-2H3,(H2,12,15). The Morgan fingerprint density at radius 3 is 2.65 bits per heavy atom. The van der Waals surface area contributed by atoms with Gasteiger partial charge in [-0.2, -0.15) is 0 Å². The van der Waals surface area contributed by atoms with E-state index >= 15 is 0 Å². The van der Waals surface area contributed by atoms with Gasteiger partial charge in [-0.05, 0) is 25.0 Å². The summed E-state index contributed by atoms with van der Waals surface area (Å²) in [6.07, 6.45) is 0.855. The van der Waals surface area contributed by atoms with Crippen molar-refractivity contribution in [3.63, 3.8) is 0 Å². The molecule has 0 unspecified atom stereocenters. The molecule has 6 heteroatoms. The van der Waals surface area contributed by atoms with E-state index in [2.05, 4.69) is 5.32 Å². The maximum absolute atomic E-state index is 11.0.